The second-order valence-corrected chi connectivity index (χ2v) is 3.74. The highest BCUT2D eigenvalue weighted by Gasteiger charge is 2.21. The molecule has 0 radical (unpaired) electrons. The van der Waals surface area contributed by atoms with E-state index in [9.17, 15) is 9.59 Å². The van der Waals surface area contributed by atoms with Gasteiger partial charge in [0.2, 0.25) is 12.3 Å². The van der Waals surface area contributed by atoms with Gasteiger partial charge in [0, 0.05) is 13.0 Å². The smallest absolute Gasteiger partial charge is 0.242 e. The van der Waals surface area contributed by atoms with Crippen LogP contribution < -0.4 is 10.6 Å². The van der Waals surface area contributed by atoms with Crippen LogP contribution in [0.4, 0.5) is 0 Å². The van der Waals surface area contributed by atoms with E-state index in [0.29, 0.717) is 6.41 Å². The van der Waals surface area contributed by atoms with Gasteiger partial charge in [0.25, 0.3) is 0 Å². The number of hydrogen-bond acceptors (Lipinski definition) is 2. The first-order valence-corrected chi connectivity index (χ1v) is 5.45. The maximum atomic E-state index is 11.5. The lowest BCUT2D eigenvalue weighted by Gasteiger charge is -2.18. The molecule has 0 aromatic rings. The van der Waals surface area contributed by atoms with E-state index in [1.165, 1.54) is 0 Å². The summed E-state index contributed by atoms with van der Waals surface area (Å²) in [5.74, 6) is -0.298. The Morgan fingerprint density at radius 3 is 2.53 bits per heavy atom. The molecule has 4 heteroatoms. The van der Waals surface area contributed by atoms with E-state index in [2.05, 4.69) is 17.2 Å². The summed E-state index contributed by atoms with van der Waals surface area (Å²) in [4.78, 5) is 22.0. The molecule has 0 aliphatic rings. The van der Waals surface area contributed by atoms with Crippen molar-refractivity contribution in [2.45, 2.75) is 19.9 Å². The first kappa shape index (κ1) is 15.2. The van der Waals surface area contributed by atoms with Gasteiger partial charge in [-0.3, -0.25) is 9.59 Å². The molecule has 17 heavy (non-hydrogen) atoms. The van der Waals surface area contributed by atoms with E-state index < -0.39 is 6.04 Å². The van der Waals surface area contributed by atoms with Crippen LogP contribution in [0.3, 0.4) is 0 Å². The standard InChI is InChI=1S/C13H20N2O2/c1-5-6-10(2)7-8-11(3)12(15-9-16)13(17)14-4/h5-9,11-12H,1H2,2-4H3,(H,14,17)(H,15,16)/b8-7-,10-6-. The molecule has 0 heterocycles. The topological polar surface area (TPSA) is 58.2 Å². The van der Waals surface area contributed by atoms with Gasteiger partial charge in [-0.2, -0.15) is 0 Å². The number of rotatable bonds is 7. The predicted octanol–water partition coefficient (Wildman–Crippen LogP) is 1.17. The average molecular weight is 236 g/mol. The Morgan fingerprint density at radius 2 is 2.06 bits per heavy atom. The molecule has 0 aliphatic carbocycles. The molecule has 2 unspecified atom stereocenters. The summed E-state index contributed by atoms with van der Waals surface area (Å²) in [6.45, 7) is 7.41. The monoisotopic (exact) mass is 236 g/mol. The van der Waals surface area contributed by atoms with E-state index in [1.807, 2.05) is 32.1 Å². The van der Waals surface area contributed by atoms with Crippen molar-refractivity contribution in [2.24, 2.45) is 5.92 Å². The minimum Gasteiger partial charge on any atom is -0.357 e. The Kier molecular flexibility index (Phi) is 7.43. The fourth-order valence-electron chi connectivity index (χ4n) is 1.35. The van der Waals surface area contributed by atoms with Crippen molar-refractivity contribution in [3.05, 3.63) is 36.5 Å². The quantitative estimate of drug-likeness (QED) is 0.515. The van der Waals surface area contributed by atoms with Crippen LogP contribution in [0.2, 0.25) is 0 Å². The second-order valence-electron chi connectivity index (χ2n) is 3.74. The Balaban J connectivity index is 4.67. The fourth-order valence-corrected chi connectivity index (χ4v) is 1.35. The van der Waals surface area contributed by atoms with Crippen molar-refractivity contribution in [1.29, 1.82) is 0 Å². The van der Waals surface area contributed by atoms with Crippen LogP contribution >= 0.6 is 0 Å². The largest absolute Gasteiger partial charge is 0.357 e. The highest BCUT2D eigenvalue weighted by molar-refractivity contribution is 5.83. The lowest BCUT2D eigenvalue weighted by Crippen LogP contribution is -2.46. The molecule has 0 saturated heterocycles. The predicted molar refractivity (Wildman–Crippen MR) is 69.3 cm³/mol. The van der Waals surface area contributed by atoms with Crippen LogP contribution in [0.5, 0.6) is 0 Å². The fraction of sp³-hybridized carbons (Fsp3) is 0.385. The molecule has 0 fully saturated rings. The minimum absolute atomic E-state index is 0.0895. The number of amides is 2. The van der Waals surface area contributed by atoms with Crippen LogP contribution in [-0.4, -0.2) is 25.4 Å². The Labute approximate surface area is 102 Å². The second kappa shape index (κ2) is 8.33. The molecule has 2 amide bonds. The Morgan fingerprint density at radius 1 is 1.41 bits per heavy atom. The van der Waals surface area contributed by atoms with Gasteiger partial charge < -0.3 is 10.6 Å². The first-order valence-electron chi connectivity index (χ1n) is 5.45. The molecule has 0 aromatic carbocycles. The normalized spacial score (nSPS) is 15.1. The number of carbonyl (C=O) groups is 2. The van der Waals surface area contributed by atoms with E-state index in [1.54, 1.807) is 13.1 Å². The summed E-state index contributed by atoms with van der Waals surface area (Å²) in [7, 11) is 1.54. The summed E-state index contributed by atoms with van der Waals surface area (Å²) >= 11 is 0. The molecule has 0 aliphatic heterocycles. The lowest BCUT2D eigenvalue weighted by molar-refractivity contribution is -0.125. The van der Waals surface area contributed by atoms with E-state index >= 15 is 0 Å². The van der Waals surface area contributed by atoms with Gasteiger partial charge in [-0.05, 0) is 6.92 Å². The summed E-state index contributed by atoms with van der Waals surface area (Å²) < 4.78 is 0. The molecule has 0 saturated carbocycles. The van der Waals surface area contributed by atoms with E-state index in [0.717, 1.165) is 5.57 Å². The van der Waals surface area contributed by atoms with Gasteiger partial charge in [-0.15, -0.1) is 0 Å². The molecule has 94 valence electrons. The zero-order valence-corrected chi connectivity index (χ0v) is 10.6. The van der Waals surface area contributed by atoms with Crippen molar-refractivity contribution in [3.8, 4) is 0 Å². The molecular formula is C13H20N2O2. The third-order valence-corrected chi connectivity index (χ3v) is 2.35. The van der Waals surface area contributed by atoms with Crippen molar-refractivity contribution < 1.29 is 9.59 Å². The SMILES string of the molecule is C=C/C=C(C)\C=C/C(C)C(NC=O)C(=O)NC. The average Bonchev–Trinajstić information content (AvgIpc) is 2.32. The maximum Gasteiger partial charge on any atom is 0.242 e. The summed E-state index contributed by atoms with van der Waals surface area (Å²) in [6, 6.07) is -0.551. The highest BCUT2D eigenvalue weighted by Crippen LogP contribution is 2.07. The van der Waals surface area contributed by atoms with Gasteiger partial charge in [0.1, 0.15) is 6.04 Å². The van der Waals surface area contributed by atoms with Crippen molar-refractivity contribution >= 4 is 12.3 Å². The van der Waals surface area contributed by atoms with E-state index in [4.69, 9.17) is 0 Å². The summed E-state index contributed by atoms with van der Waals surface area (Å²) in [6.07, 6.45) is 7.88. The third kappa shape index (κ3) is 5.70. The molecule has 0 spiro atoms. The Bertz CT molecular complexity index is 332. The van der Waals surface area contributed by atoms with Crippen LogP contribution in [0.1, 0.15) is 13.8 Å². The summed E-state index contributed by atoms with van der Waals surface area (Å²) in [5.41, 5.74) is 1.04. The van der Waals surface area contributed by atoms with Crippen LogP contribution in [-0.2, 0) is 9.59 Å². The maximum absolute atomic E-state index is 11.5. The number of carbonyl (C=O) groups excluding carboxylic acids is 2. The van der Waals surface area contributed by atoms with Gasteiger partial charge >= 0.3 is 0 Å². The lowest BCUT2D eigenvalue weighted by atomic mass is 10.00. The molecule has 2 N–H and O–H groups in total. The number of allylic oxidation sites excluding steroid dienone is 4. The zero-order chi connectivity index (χ0) is 13.3. The van der Waals surface area contributed by atoms with Gasteiger partial charge in [0.15, 0.2) is 0 Å². The Hall–Kier alpha value is -1.84. The molecule has 4 nitrogen and oxygen atoms in total. The molecule has 0 bridgehead atoms. The minimum atomic E-state index is -0.551. The summed E-state index contributed by atoms with van der Waals surface area (Å²) in [5, 5.41) is 5.02. The number of hydrogen-bond donors (Lipinski definition) is 2. The molecule has 0 aromatic heterocycles. The molecule has 0 rings (SSSR count). The van der Waals surface area contributed by atoms with Gasteiger partial charge in [0.05, 0.1) is 0 Å². The number of nitrogens with one attached hydrogen (secondary N) is 2. The van der Waals surface area contributed by atoms with Gasteiger partial charge in [-0.1, -0.05) is 43.4 Å². The van der Waals surface area contributed by atoms with Crippen molar-refractivity contribution in [3.63, 3.8) is 0 Å². The van der Waals surface area contributed by atoms with Crippen LogP contribution in [0.15, 0.2) is 36.5 Å². The van der Waals surface area contributed by atoms with Crippen molar-refractivity contribution in [2.75, 3.05) is 7.05 Å². The van der Waals surface area contributed by atoms with Crippen molar-refractivity contribution in [1.82, 2.24) is 10.6 Å². The van der Waals surface area contributed by atoms with Crippen LogP contribution in [0, 0.1) is 5.92 Å². The third-order valence-electron chi connectivity index (χ3n) is 2.35. The first-order chi connectivity index (χ1) is 8.06. The molecular weight excluding hydrogens is 216 g/mol. The van der Waals surface area contributed by atoms with Gasteiger partial charge in [-0.25, -0.2) is 0 Å². The highest BCUT2D eigenvalue weighted by atomic mass is 16.2. The number of likely N-dealkylation sites (N-methyl/N-ethyl adjacent to an activating group) is 1. The molecule has 2 atom stereocenters. The van der Waals surface area contributed by atoms with Crippen LogP contribution in [0.25, 0.3) is 0 Å². The zero-order valence-electron chi connectivity index (χ0n) is 10.6. The van der Waals surface area contributed by atoms with E-state index in [-0.39, 0.29) is 11.8 Å².